The van der Waals surface area contributed by atoms with E-state index in [2.05, 4.69) is 22.5 Å². The Kier molecular flexibility index (Phi) is 3.86. The molecule has 0 bridgehead atoms. The van der Waals surface area contributed by atoms with Crippen LogP contribution in [0.4, 0.5) is 5.69 Å². The molecule has 1 fully saturated rings. The summed E-state index contributed by atoms with van der Waals surface area (Å²) in [6.45, 7) is 5.07. The molecule has 0 aliphatic carbocycles. The van der Waals surface area contributed by atoms with E-state index in [-0.39, 0.29) is 18.0 Å². The molecule has 5 heteroatoms. The topological polar surface area (TPSA) is 66.3 Å². The van der Waals surface area contributed by atoms with Crippen LogP contribution in [0, 0.1) is 5.92 Å². The molecule has 0 spiro atoms. The number of fused-ring (bicyclic) bond motifs is 3. The fourth-order valence-electron chi connectivity index (χ4n) is 3.81. The molecule has 2 aromatic rings. The smallest absolute Gasteiger partial charge is 0.251 e. The molecule has 3 N–H and O–H groups in total. The molecule has 0 radical (unpaired) electrons. The van der Waals surface area contributed by atoms with Gasteiger partial charge in [0.05, 0.1) is 12.3 Å². The average Bonchev–Trinajstić information content (AvgIpc) is 3.30. The number of rotatable bonds is 4. The predicted octanol–water partition coefficient (Wildman–Crippen LogP) is 3.01. The van der Waals surface area contributed by atoms with Gasteiger partial charge in [-0.3, -0.25) is 4.79 Å². The van der Waals surface area contributed by atoms with Crippen LogP contribution in [0.2, 0.25) is 0 Å². The summed E-state index contributed by atoms with van der Waals surface area (Å²) < 4.78 is 5.64. The number of hydrogen-bond acceptors (Lipinski definition) is 4. The Bertz CT molecular complexity index is 754. The summed E-state index contributed by atoms with van der Waals surface area (Å²) in [5.74, 6) is 1.31. The number of nitrogens with one attached hydrogen (secondary N) is 3. The van der Waals surface area contributed by atoms with E-state index in [9.17, 15) is 4.79 Å². The van der Waals surface area contributed by atoms with Gasteiger partial charge in [0.2, 0.25) is 0 Å². The van der Waals surface area contributed by atoms with Crippen molar-refractivity contribution in [3.63, 3.8) is 0 Å². The predicted molar refractivity (Wildman–Crippen MR) is 92.9 cm³/mol. The van der Waals surface area contributed by atoms with Gasteiger partial charge in [-0.2, -0.15) is 0 Å². The van der Waals surface area contributed by atoms with E-state index in [1.165, 1.54) is 0 Å². The monoisotopic (exact) mass is 323 g/mol. The van der Waals surface area contributed by atoms with E-state index in [4.69, 9.17) is 4.42 Å². The Morgan fingerprint density at radius 2 is 2.29 bits per heavy atom. The van der Waals surface area contributed by atoms with E-state index in [1.54, 1.807) is 12.3 Å². The largest absolute Gasteiger partial charge is 0.467 e. The molecular formula is C19H21N3O2. The van der Waals surface area contributed by atoms with E-state index >= 15 is 0 Å². The maximum Gasteiger partial charge on any atom is 0.251 e. The number of carbonyl (C=O) groups is 1. The summed E-state index contributed by atoms with van der Waals surface area (Å²) in [6.07, 6.45) is 4.48. The first kappa shape index (κ1) is 15.0. The Balaban J connectivity index is 1.67. The zero-order valence-corrected chi connectivity index (χ0v) is 13.4. The van der Waals surface area contributed by atoms with E-state index in [1.807, 2.05) is 30.3 Å². The van der Waals surface area contributed by atoms with Crippen molar-refractivity contribution in [2.75, 3.05) is 18.4 Å². The van der Waals surface area contributed by atoms with Crippen LogP contribution in [-0.2, 0) is 0 Å². The number of hydrogen-bond donors (Lipinski definition) is 3. The minimum absolute atomic E-state index is 0.0691. The molecule has 3 atom stereocenters. The lowest BCUT2D eigenvalue weighted by atomic mass is 9.82. The summed E-state index contributed by atoms with van der Waals surface area (Å²) in [7, 11) is 0. The Morgan fingerprint density at radius 3 is 3.08 bits per heavy atom. The second-order valence-electron chi connectivity index (χ2n) is 6.32. The van der Waals surface area contributed by atoms with Crippen LogP contribution >= 0.6 is 0 Å². The van der Waals surface area contributed by atoms with Crippen molar-refractivity contribution in [1.82, 2.24) is 10.6 Å². The molecule has 2 aliphatic rings. The molecule has 1 saturated heterocycles. The molecule has 5 nitrogen and oxygen atoms in total. The number of anilines is 1. The van der Waals surface area contributed by atoms with Gasteiger partial charge in [0, 0.05) is 29.8 Å². The third kappa shape index (κ3) is 2.51. The third-order valence-corrected chi connectivity index (χ3v) is 4.91. The van der Waals surface area contributed by atoms with Crippen LogP contribution in [0.25, 0.3) is 0 Å². The van der Waals surface area contributed by atoms with Crippen molar-refractivity contribution >= 4 is 11.6 Å². The van der Waals surface area contributed by atoms with Crippen molar-refractivity contribution in [3.05, 3.63) is 66.1 Å². The number of amides is 1. The lowest BCUT2D eigenvalue weighted by molar-refractivity contribution is 0.0958. The SMILES string of the molecule is C=CCNC(=O)c1ccc2c(c1)[C@H]1NCC[C@H]1C(c1ccco1)N2. The highest BCUT2D eigenvalue weighted by Crippen LogP contribution is 2.47. The quantitative estimate of drug-likeness (QED) is 0.757. The standard InChI is InChI=1S/C19H21N3O2/c1-2-8-21-19(23)12-5-6-15-14(11-12)17-13(7-9-20-17)18(22-15)16-4-3-10-24-16/h2-6,10-11,13,17-18,20,22H,1,7-9H2,(H,21,23)/t13-,17+,18?/m1/s1. The fraction of sp³-hybridized carbons (Fsp3) is 0.316. The molecular weight excluding hydrogens is 302 g/mol. The van der Waals surface area contributed by atoms with E-state index in [0.717, 1.165) is 30.0 Å². The van der Waals surface area contributed by atoms with Crippen molar-refractivity contribution in [3.8, 4) is 0 Å². The molecule has 0 saturated carbocycles. The van der Waals surface area contributed by atoms with Crippen molar-refractivity contribution in [2.45, 2.75) is 18.5 Å². The second-order valence-corrected chi connectivity index (χ2v) is 6.32. The maximum atomic E-state index is 12.2. The molecule has 3 heterocycles. The van der Waals surface area contributed by atoms with Crippen molar-refractivity contribution in [1.29, 1.82) is 0 Å². The zero-order valence-electron chi connectivity index (χ0n) is 13.4. The Labute approximate surface area is 141 Å². The summed E-state index contributed by atoms with van der Waals surface area (Å²) in [5, 5.41) is 10.0. The number of benzene rings is 1. The van der Waals surface area contributed by atoms with Gasteiger partial charge in [0.15, 0.2) is 0 Å². The third-order valence-electron chi connectivity index (χ3n) is 4.91. The van der Waals surface area contributed by atoms with Crippen LogP contribution in [0.3, 0.4) is 0 Å². The molecule has 2 aliphatic heterocycles. The summed E-state index contributed by atoms with van der Waals surface area (Å²) >= 11 is 0. The van der Waals surface area contributed by atoms with E-state index in [0.29, 0.717) is 18.0 Å². The zero-order chi connectivity index (χ0) is 16.5. The normalized spacial score (nSPS) is 24.6. The van der Waals surface area contributed by atoms with Gasteiger partial charge in [-0.05, 0) is 48.9 Å². The van der Waals surface area contributed by atoms with Gasteiger partial charge >= 0.3 is 0 Å². The van der Waals surface area contributed by atoms with Crippen LogP contribution in [-0.4, -0.2) is 19.0 Å². The minimum Gasteiger partial charge on any atom is -0.467 e. The molecule has 1 unspecified atom stereocenters. The first-order valence-electron chi connectivity index (χ1n) is 8.34. The highest BCUT2D eigenvalue weighted by Gasteiger charge is 2.41. The average molecular weight is 323 g/mol. The molecule has 1 aromatic heterocycles. The Hall–Kier alpha value is -2.53. The van der Waals surface area contributed by atoms with Gasteiger partial charge in [-0.25, -0.2) is 0 Å². The highest BCUT2D eigenvalue weighted by atomic mass is 16.3. The summed E-state index contributed by atoms with van der Waals surface area (Å²) in [5.41, 5.74) is 2.90. The molecule has 4 rings (SSSR count). The lowest BCUT2D eigenvalue weighted by Gasteiger charge is -2.36. The van der Waals surface area contributed by atoms with Gasteiger partial charge < -0.3 is 20.4 Å². The first-order chi connectivity index (χ1) is 11.8. The number of furan rings is 1. The van der Waals surface area contributed by atoms with Gasteiger partial charge in [0.1, 0.15) is 5.76 Å². The minimum atomic E-state index is -0.0691. The van der Waals surface area contributed by atoms with Crippen LogP contribution < -0.4 is 16.0 Å². The summed E-state index contributed by atoms with van der Waals surface area (Å²) in [4.78, 5) is 12.2. The molecule has 1 amide bonds. The maximum absolute atomic E-state index is 12.2. The highest BCUT2D eigenvalue weighted by molar-refractivity contribution is 5.95. The van der Waals surface area contributed by atoms with Gasteiger partial charge in [-0.1, -0.05) is 6.08 Å². The lowest BCUT2D eigenvalue weighted by Crippen LogP contribution is -2.32. The summed E-state index contributed by atoms with van der Waals surface area (Å²) in [6, 6.07) is 10.2. The van der Waals surface area contributed by atoms with E-state index < -0.39 is 0 Å². The molecule has 24 heavy (non-hydrogen) atoms. The fourth-order valence-corrected chi connectivity index (χ4v) is 3.81. The molecule has 1 aromatic carbocycles. The van der Waals surface area contributed by atoms with Crippen LogP contribution in [0.1, 0.15) is 40.2 Å². The van der Waals surface area contributed by atoms with Crippen molar-refractivity contribution < 1.29 is 9.21 Å². The van der Waals surface area contributed by atoms with Crippen LogP contribution in [0.5, 0.6) is 0 Å². The molecule has 124 valence electrons. The Morgan fingerprint density at radius 1 is 1.38 bits per heavy atom. The van der Waals surface area contributed by atoms with Crippen LogP contribution in [0.15, 0.2) is 53.7 Å². The second kappa shape index (κ2) is 6.17. The first-order valence-corrected chi connectivity index (χ1v) is 8.34. The number of carbonyl (C=O) groups excluding carboxylic acids is 1. The van der Waals surface area contributed by atoms with Gasteiger partial charge in [-0.15, -0.1) is 6.58 Å². The van der Waals surface area contributed by atoms with Gasteiger partial charge in [0.25, 0.3) is 5.91 Å². The van der Waals surface area contributed by atoms with Crippen molar-refractivity contribution in [2.24, 2.45) is 5.92 Å².